The lowest BCUT2D eigenvalue weighted by molar-refractivity contribution is 0.0595. The molecule has 2 aromatic carbocycles. The first-order valence-corrected chi connectivity index (χ1v) is 10.2. The number of aromatic nitrogens is 2. The summed E-state index contributed by atoms with van der Waals surface area (Å²) >= 11 is 1.14. The second-order valence-electron chi connectivity index (χ2n) is 6.96. The summed E-state index contributed by atoms with van der Waals surface area (Å²) in [5, 5.41) is 7.58. The van der Waals surface area contributed by atoms with Gasteiger partial charge in [0.25, 0.3) is 5.91 Å². The number of nitrogens with one attached hydrogen (secondary N) is 1. The molecule has 0 aliphatic carbocycles. The Labute approximate surface area is 184 Å². The SMILES string of the molecule is COC(=O)c1cc(NC(=O)c2cc3c(C)nn(Cc4ccc(F)cc4)c3s2)c(F)cc1F. The molecule has 32 heavy (non-hydrogen) atoms. The van der Waals surface area contributed by atoms with E-state index in [0.29, 0.717) is 23.1 Å². The molecule has 2 aromatic heterocycles. The number of amides is 1. The van der Waals surface area contributed by atoms with Crippen molar-refractivity contribution in [1.82, 2.24) is 9.78 Å². The zero-order valence-electron chi connectivity index (χ0n) is 16.9. The second-order valence-corrected chi connectivity index (χ2v) is 7.99. The first-order chi connectivity index (χ1) is 15.3. The quantitative estimate of drug-likeness (QED) is 0.431. The van der Waals surface area contributed by atoms with Crippen molar-refractivity contribution in [3.63, 3.8) is 0 Å². The molecule has 1 N–H and O–H groups in total. The van der Waals surface area contributed by atoms with Crippen LogP contribution in [0, 0.1) is 24.4 Å². The van der Waals surface area contributed by atoms with Crippen LogP contribution in [-0.4, -0.2) is 28.8 Å². The first kappa shape index (κ1) is 21.6. The number of benzene rings is 2. The number of thiophene rings is 1. The zero-order chi connectivity index (χ0) is 23.0. The summed E-state index contributed by atoms with van der Waals surface area (Å²) in [5.74, 6) is -4.07. The van der Waals surface area contributed by atoms with Crippen molar-refractivity contribution >= 4 is 39.1 Å². The van der Waals surface area contributed by atoms with Gasteiger partial charge in [-0.3, -0.25) is 9.48 Å². The Morgan fingerprint density at radius 3 is 2.50 bits per heavy atom. The summed E-state index contributed by atoms with van der Waals surface area (Å²) in [4.78, 5) is 25.4. The number of fused-ring (bicyclic) bond motifs is 1. The van der Waals surface area contributed by atoms with Crippen molar-refractivity contribution in [2.75, 3.05) is 12.4 Å². The van der Waals surface area contributed by atoms with Gasteiger partial charge in [0, 0.05) is 11.5 Å². The van der Waals surface area contributed by atoms with Crippen LogP contribution < -0.4 is 5.32 Å². The molecule has 0 saturated carbocycles. The fourth-order valence-corrected chi connectivity index (χ4v) is 4.25. The smallest absolute Gasteiger partial charge is 0.340 e. The maximum atomic E-state index is 14.2. The van der Waals surface area contributed by atoms with Gasteiger partial charge in [-0.2, -0.15) is 5.10 Å². The third kappa shape index (κ3) is 4.09. The van der Waals surface area contributed by atoms with Crippen molar-refractivity contribution in [2.45, 2.75) is 13.5 Å². The maximum Gasteiger partial charge on any atom is 0.340 e. The minimum atomic E-state index is -1.09. The molecule has 4 rings (SSSR count). The lowest BCUT2D eigenvalue weighted by Gasteiger charge is -2.08. The monoisotopic (exact) mass is 459 g/mol. The minimum Gasteiger partial charge on any atom is -0.465 e. The van der Waals surface area contributed by atoms with E-state index in [1.165, 1.54) is 12.1 Å². The lowest BCUT2D eigenvalue weighted by Crippen LogP contribution is -2.14. The normalized spacial score (nSPS) is 11.0. The molecule has 0 fully saturated rings. The molecule has 0 saturated heterocycles. The molecule has 0 unspecified atom stereocenters. The van der Waals surface area contributed by atoms with Crippen LogP contribution in [0.15, 0.2) is 42.5 Å². The molecule has 6 nitrogen and oxygen atoms in total. The van der Waals surface area contributed by atoms with Gasteiger partial charge < -0.3 is 10.1 Å². The molecular formula is C22H16F3N3O3S. The highest BCUT2D eigenvalue weighted by Crippen LogP contribution is 2.30. The molecular weight excluding hydrogens is 443 g/mol. The van der Waals surface area contributed by atoms with Crippen LogP contribution in [-0.2, 0) is 11.3 Å². The molecule has 1 amide bonds. The molecule has 10 heteroatoms. The average molecular weight is 459 g/mol. The van der Waals surface area contributed by atoms with Gasteiger partial charge >= 0.3 is 5.97 Å². The van der Waals surface area contributed by atoms with E-state index < -0.39 is 29.1 Å². The highest BCUT2D eigenvalue weighted by Gasteiger charge is 2.21. The van der Waals surface area contributed by atoms with E-state index in [1.54, 1.807) is 29.8 Å². The van der Waals surface area contributed by atoms with Crippen molar-refractivity contribution < 1.29 is 27.5 Å². The number of carbonyl (C=O) groups excluding carboxylic acids is 2. The van der Waals surface area contributed by atoms with Gasteiger partial charge in [0.15, 0.2) is 0 Å². The number of nitrogens with zero attached hydrogens (tertiary/aromatic N) is 2. The number of methoxy groups -OCH3 is 1. The van der Waals surface area contributed by atoms with E-state index in [2.05, 4.69) is 15.2 Å². The Bertz CT molecular complexity index is 1350. The molecule has 0 atom stereocenters. The molecule has 164 valence electrons. The van der Waals surface area contributed by atoms with Crippen molar-refractivity contribution in [2.24, 2.45) is 0 Å². The number of rotatable bonds is 5. The highest BCUT2D eigenvalue weighted by atomic mass is 32.1. The van der Waals surface area contributed by atoms with Crippen LogP contribution in [0.2, 0.25) is 0 Å². The Hall–Kier alpha value is -3.66. The predicted octanol–water partition coefficient (Wildman–Crippen LogP) is 4.91. The van der Waals surface area contributed by atoms with Gasteiger partial charge in [-0.15, -0.1) is 11.3 Å². The van der Waals surface area contributed by atoms with E-state index in [9.17, 15) is 22.8 Å². The topological polar surface area (TPSA) is 73.2 Å². The molecule has 0 bridgehead atoms. The van der Waals surface area contributed by atoms with Crippen LogP contribution in [0.5, 0.6) is 0 Å². The Morgan fingerprint density at radius 2 is 1.81 bits per heavy atom. The van der Waals surface area contributed by atoms with Crippen LogP contribution in [0.1, 0.15) is 31.3 Å². The molecule has 4 aromatic rings. The lowest BCUT2D eigenvalue weighted by atomic mass is 10.1. The number of aryl methyl sites for hydroxylation is 1. The number of carbonyl (C=O) groups is 2. The van der Waals surface area contributed by atoms with Crippen molar-refractivity contribution in [3.05, 3.63) is 81.6 Å². The van der Waals surface area contributed by atoms with Crippen molar-refractivity contribution in [1.29, 1.82) is 0 Å². The fraction of sp³-hybridized carbons (Fsp3) is 0.136. The van der Waals surface area contributed by atoms with E-state index in [1.807, 2.05) is 0 Å². The Balaban J connectivity index is 1.62. The largest absolute Gasteiger partial charge is 0.465 e. The standard InChI is InChI=1S/C22H16F3N3O3S/c1-11-14-8-19(32-21(14)28(27-11)10-12-3-5-13(23)6-4-12)20(29)26-18-7-15(22(30)31-2)16(24)9-17(18)25/h3-9H,10H2,1-2H3,(H,26,29). The zero-order valence-corrected chi connectivity index (χ0v) is 17.7. The van der Waals surface area contributed by atoms with Gasteiger partial charge in [-0.05, 0) is 36.8 Å². The Kier molecular flexibility index (Phi) is 5.70. The number of halogens is 3. The number of ether oxygens (including phenoxy) is 1. The van der Waals surface area contributed by atoms with E-state index >= 15 is 0 Å². The summed E-state index contributed by atoms with van der Waals surface area (Å²) in [7, 11) is 1.07. The van der Waals surface area contributed by atoms with Crippen LogP contribution in [0.3, 0.4) is 0 Å². The molecule has 0 spiro atoms. The van der Waals surface area contributed by atoms with E-state index in [0.717, 1.165) is 35.5 Å². The van der Waals surface area contributed by atoms with Crippen LogP contribution in [0.25, 0.3) is 10.2 Å². The molecule has 0 aliphatic rings. The second kappa shape index (κ2) is 8.46. The summed E-state index contributed by atoms with van der Waals surface area (Å²) in [6, 6.07) is 9.04. The summed E-state index contributed by atoms with van der Waals surface area (Å²) in [5.41, 5.74) is 0.683. The van der Waals surface area contributed by atoms with Gasteiger partial charge in [-0.1, -0.05) is 12.1 Å². The molecule has 0 aliphatic heterocycles. The van der Waals surface area contributed by atoms with Gasteiger partial charge in [0.1, 0.15) is 22.3 Å². The van der Waals surface area contributed by atoms with E-state index in [-0.39, 0.29) is 16.4 Å². The van der Waals surface area contributed by atoms with Crippen LogP contribution >= 0.6 is 11.3 Å². The summed E-state index contributed by atoms with van der Waals surface area (Å²) < 4.78 is 47.3. The number of hydrogen-bond donors (Lipinski definition) is 1. The number of anilines is 1. The first-order valence-electron chi connectivity index (χ1n) is 9.37. The predicted molar refractivity (Wildman–Crippen MR) is 113 cm³/mol. The summed E-state index contributed by atoms with van der Waals surface area (Å²) in [6.45, 7) is 2.17. The number of esters is 1. The maximum absolute atomic E-state index is 14.2. The van der Waals surface area contributed by atoms with Gasteiger partial charge in [0.2, 0.25) is 0 Å². The fourth-order valence-electron chi connectivity index (χ4n) is 3.19. The van der Waals surface area contributed by atoms with Crippen molar-refractivity contribution in [3.8, 4) is 0 Å². The average Bonchev–Trinajstić information content (AvgIpc) is 3.32. The van der Waals surface area contributed by atoms with Gasteiger partial charge in [0.05, 0.1) is 35.5 Å². The number of hydrogen-bond acceptors (Lipinski definition) is 5. The third-order valence-electron chi connectivity index (χ3n) is 4.79. The molecule has 2 heterocycles. The summed E-state index contributed by atoms with van der Waals surface area (Å²) in [6.07, 6.45) is 0. The minimum absolute atomic E-state index is 0.275. The van der Waals surface area contributed by atoms with Crippen LogP contribution in [0.4, 0.5) is 18.9 Å². The van der Waals surface area contributed by atoms with Gasteiger partial charge in [-0.25, -0.2) is 18.0 Å². The van der Waals surface area contributed by atoms with E-state index in [4.69, 9.17) is 0 Å². The third-order valence-corrected chi connectivity index (χ3v) is 5.93. The Morgan fingerprint density at radius 1 is 1.09 bits per heavy atom. The molecule has 0 radical (unpaired) electrons. The highest BCUT2D eigenvalue weighted by molar-refractivity contribution is 7.20.